The maximum absolute atomic E-state index is 13.0. The number of carbonyl (C=O) groups is 2. The lowest BCUT2D eigenvalue weighted by Crippen LogP contribution is -2.56. The first-order valence-electron chi connectivity index (χ1n) is 9.60. The highest BCUT2D eigenvalue weighted by Crippen LogP contribution is 2.34. The van der Waals surface area contributed by atoms with Crippen LogP contribution in [0.4, 0.5) is 27.9 Å². The lowest BCUT2D eigenvalue weighted by molar-refractivity contribution is -0.137. The summed E-state index contributed by atoms with van der Waals surface area (Å²) < 4.78 is 44.6. The molecule has 2 N–H and O–H groups in total. The fraction of sp³-hybridized carbons (Fsp3) is 0.450. The van der Waals surface area contributed by atoms with Crippen LogP contribution in [0, 0.1) is 0 Å². The predicted octanol–water partition coefficient (Wildman–Crippen LogP) is 5.73. The van der Waals surface area contributed by atoms with Crippen molar-refractivity contribution in [3.8, 4) is 0 Å². The van der Waals surface area contributed by atoms with E-state index in [1.807, 2.05) is 0 Å². The molecular weight excluding hydrogens is 531 g/mol. The molecule has 182 valence electrons. The van der Waals surface area contributed by atoms with Gasteiger partial charge in [-0.3, -0.25) is 0 Å². The Balaban J connectivity index is 2.50. The molecule has 0 aliphatic carbocycles. The Morgan fingerprint density at radius 1 is 1.21 bits per heavy atom. The van der Waals surface area contributed by atoms with Crippen LogP contribution in [0.15, 0.2) is 34.2 Å². The first-order chi connectivity index (χ1) is 15.2. The minimum atomic E-state index is -4.54. The molecule has 33 heavy (non-hydrogen) atoms. The highest BCUT2D eigenvalue weighted by atomic mass is 79.9. The number of ether oxygens (including phenoxy) is 1. The number of hydrogen-bond donors (Lipinski definition) is 2. The fourth-order valence-corrected chi connectivity index (χ4v) is 4.15. The fourth-order valence-electron chi connectivity index (χ4n) is 2.98. The second-order valence-electron chi connectivity index (χ2n) is 8.02. The maximum Gasteiger partial charge on any atom is 0.436 e. The molecule has 2 atom stereocenters. The molecule has 13 heteroatoms. The van der Waals surface area contributed by atoms with Gasteiger partial charge in [0.2, 0.25) is 5.13 Å². The van der Waals surface area contributed by atoms with Gasteiger partial charge in [0.1, 0.15) is 5.60 Å². The number of aliphatic hydroxyl groups is 1. The Bertz CT molecular complexity index is 979. The minimum Gasteiger partial charge on any atom is -0.464 e. The van der Waals surface area contributed by atoms with E-state index in [0.29, 0.717) is 8.80 Å². The van der Waals surface area contributed by atoms with Crippen LogP contribution in [0.3, 0.4) is 0 Å². The molecule has 1 aromatic carbocycles. The molecular formula is C20H23BrF3N3O5S. The van der Waals surface area contributed by atoms with Crippen molar-refractivity contribution in [2.75, 3.05) is 11.6 Å². The predicted molar refractivity (Wildman–Crippen MR) is 119 cm³/mol. The van der Waals surface area contributed by atoms with Gasteiger partial charge in [0.25, 0.3) is 0 Å². The van der Waals surface area contributed by atoms with Crippen molar-refractivity contribution in [1.29, 1.82) is 0 Å². The average Bonchev–Trinajstić information content (AvgIpc) is 3.10. The number of hydrogen-bond acceptors (Lipinski definition) is 6. The van der Waals surface area contributed by atoms with Crippen LogP contribution >= 0.6 is 27.3 Å². The van der Waals surface area contributed by atoms with Crippen molar-refractivity contribution < 1.29 is 37.7 Å². The molecule has 0 radical (unpaired) electrons. The van der Waals surface area contributed by atoms with Crippen LogP contribution in [-0.4, -0.2) is 50.6 Å². The second kappa shape index (κ2) is 10.3. The largest absolute Gasteiger partial charge is 0.464 e. The van der Waals surface area contributed by atoms with Crippen molar-refractivity contribution in [3.63, 3.8) is 0 Å². The van der Waals surface area contributed by atoms with Crippen molar-refractivity contribution in [2.45, 2.75) is 51.4 Å². The van der Waals surface area contributed by atoms with Gasteiger partial charge < -0.3 is 14.9 Å². The molecule has 0 unspecified atom stereocenters. The van der Waals surface area contributed by atoms with E-state index >= 15 is 0 Å². The molecule has 2 aromatic rings. The molecule has 0 fully saturated rings. The van der Waals surface area contributed by atoms with Gasteiger partial charge in [-0.15, -0.1) is 0 Å². The summed E-state index contributed by atoms with van der Waals surface area (Å²) in [5.74, 6) is -0.961. The van der Waals surface area contributed by atoms with E-state index in [0.717, 1.165) is 40.6 Å². The third-order valence-corrected chi connectivity index (χ3v) is 5.91. The molecule has 0 bridgehead atoms. The molecule has 0 saturated carbocycles. The van der Waals surface area contributed by atoms with Gasteiger partial charge in [0.15, 0.2) is 0 Å². The third-order valence-electron chi connectivity index (χ3n) is 4.46. The number of anilines is 1. The SMILES string of the molecule is C[C@@H]([C@@H](CO)c1ccc(C(F)(F)F)cc1)N(C(=O)O)N(C(=O)OC(C)(C)C)c1ncc(Br)s1. The summed E-state index contributed by atoms with van der Waals surface area (Å²) in [5.41, 5.74) is -1.58. The van der Waals surface area contributed by atoms with Crippen molar-refractivity contribution in [3.05, 3.63) is 45.4 Å². The normalized spacial score (nSPS) is 13.8. The molecule has 1 heterocycles. The number of halogens is 4. The Morgan fingerprint density at radius 2 is 1.79 bits per heavy atom. The number of carbonyl (C=O) groups excluding carboxylic acids is 1. The zero-order valence-electron chi connectivity index (χ0n) is 18.1. The number of hydrazine groups is 1. The van der Waals surface area contributed by atoms with Gasteiger partial charge in [-0.25, -0.2) is 19.6 Å². The van der Waals surface area contributed by atoms with Gasteiger partial charge in [-0.2, -0.15) is 18.2 Å². The van der Waals surface area contributed by atoms with E-state index in [-0.39, 0.29) is 10.7 Å². The number of aliphatic hydroxyl groups excluding tert-OH is 1. The van der Waals surface area contributed by atoms with Crippen molar-refractivity contribution in [2.24, 2.45) is 0 Å². The van der Waals surface area contributed by atoms with Crippen molar-refractivity contribution in [1.82, 2.24) is 9.99 Å². The highest BCUT2D eigenvalue weighted by molar-refractivity contribution is 9.11. The van der Waals surface area contributed by atoms with E-state index in [2.05, 4.69) is 20.9 Å². The number of amides is 2. The first-order valence-corrected chi connectivity index (χ1v) is 11.2. The standard InChI is InChI=1S/C20H23BrF3N3O5S/c1-11(14(10-28)12-5-7-13(8-6-12)20(22,23)24)26(17(29)30)27(16-25-9-15(21)33-16)18(31)32-19(2,3)4/h5-9,11,14,28H,10H2,1-4H3,(H,29,30)/t11-,14+/m0/s1. The zero-order valence-corrected chi connectivity index (χ0v) is 20.5. The van der Waals surface area contributed by atoms with E-state index in [1.54, 1.807) is 20.8 Å². The first kappa shape index (κ1) is 26.9. The third kappa shape index (κ3) is 6.81. The Labute approximate surface area is 200 Å². The summed E-state index contributed by atoms with van der Waals surface area (Å²) in [6.45, 7) is 5.64. The van der Waals surface area contributed by atoms with Crippen LogP contribution in [0.1, 0.15) is 44.7 Å². The zero-order chi connectivity index (χ0) is 25.1. The molecule has 0 aliphatic rings. The maximum atomic E-state index is 13.0. The van der Waals surface area contributed by atoms with E-state index in [4.69, 9.17) is 4.74 Å². The van der Waals surface area contributed by atoms with Crippen LogP contribution < -0.4 is 5.01 Å². The number of nitrogens with zero attached hydrogens (tertiary/aromatic N) is 3. The van der Waals surface area contributed by atoms with Crippen LogP contribution in [0.25, 0.3) is 0 Å². The second-order valence-corrected chi connectivity index (χ2v) is 10.4. The van der Waals surface area contributed by atoms with E-state index < -0.39 is 48.1 Å². The summed E-state index contributed by atoms with van der Waals surface area (Å²) in [4.78, 5) is 29.3. The summed E-state index contributed by atoms with van der Waals surface area (Å²) in [6.07, 6.45) is -5.74. The topological polar surface area (TPSA) is 103 Å². The summed E-state index contributed by atoms with van der Waals surface area (Å²) in [5, 5.41) is 21.3. The molecule has 8 nitrogen and oxygen atoms in total. The number of rotatable bonds is 5. The number of aromatic nitrogens is 1. The van der Waals surface area contributed by atoms with Crippen LogP contribution in [0.2, 0.25) is 0 Å². The van der Waals surface area contributed by atoms with E-state index in [1.165, 1.54) is 13.1 Å². The Kier molecular flexibility index (Phi) is 8.36. The van der Waals surface area contributed by atoms with Crippen molar-refractivity contribution >= 4 is 44.6 Å². The summed E-state index contributed by atoms with van der Waals surface area (Å²) in [6, 6.07) is 2.92. The average molecular weight is 554 g/mol. The summed E-state index contributed by atoms with van der Waals surface area (Å²) in [7, 11) is 0. The monoisotopic (exact) mass is 553 g/mol. The lowest BCUT2D eigenvalue weighted by Gasteiger charge is -2.38. The van der Waals surface area contributed by atoms with Crippen LogP contribution in [0.5, 0.6) is 0 Å². The number of thiazole rings is 1. The molecule has 0 aliphatic heterocycles. The van der Waals surface area contributed by atoms with Gasteiger partial charge in [-0.05, 0) is 61.3 Å². The van der Waals surface area contributed by atoms with Gasteiger partial charge in [-0.1, -0.05) is 23.5 Å². The molecule has 2 amide bonds. The Hall–Kier alpha value is -2.38. The molecule has 0 spiro atoms. The van der Waals surface area contributed by atoms with E-state index in [9.17, 15) is 33.0 Å². The quantitative estimate of drug-likeness (QED) is 0.458. The van der Waals surface area contributed by atoms with Gasteiger partial charge >= 0.3 is 18.4 Å². The van der Waals surface area contributed by atoms with Gasteiger partial charge in [0, 0.05) is 5.92 Å². The Morgan fingerprint density at radius 3 is 2.18 bits per heavy atom. The number of carboxylic acid groups (broad SMARTS) is 1. The van der Waals surface area contributed by atoms with Crippen LogP contribution in [-0.2, 0) is 10.9 Å². The highest BCUT2D eigenvalue weighted by Gasteiger charge is 2.40. The number of benzene rings is 1. The molecule has 2 rings (SSSR count). The van der Waals surface area contributed by atoms with Gasteiger partial charge in [0.05, 0.1) is 28.2 Å². The molecule has 1 aromatic heterocycles. The smallest absolute Gasteiger partial charge is 0.436 e. The minimum absolute atomic E-state index is 0.0190. The summed E-state index contributed by atoms with van der Waals surface area (Å²) >= 11 is 4.19. The molecule has 0 saturated heterocycles. The number of alkyl halides is 3. The lowest BCUT2D eigenvalue weighted by atomic mass is 9.92.